The van der Waals surface area contributed by atoms with Crippen molar-refractivity contribution in [3.05, 3.63) is 41.1 Å². The molecule has 4 heteroatoms. The molecule has 1 aromatic carbocycles. The molecule has 0 unspecified atom stereocenters. The average molecular weight is 269 g/mol. The van der Waals surface area contributed by atoms with Crippen molar-refractivity contribution in [2.45, 2.75) is 25.9 Å². The van der Waals surface area contributed by atoms with E-state index in [-0.39, 0.29) is 0 Å². The first kappa shape index (κ1) is 13.1. The molecular formula is C16H19N3O. The molecule has 0 spiro atoms. The molecule has 104 valence electrons. The Hall–Kier alpha value is -1.94. The number of hydrogen-bond acceptors (Lipinski definition) is 4. The van der Waals surface area contributed by atoms with Gasteiger partial charge in [0, 0.05) is 31.0 Å². The van der Waals surface area contributed by atoms with Crippen LogP contribution in [0.5, 0.6) is 0 Å². The highest BCUT2D eigenvalue weighted by Crippen LogP contribution is 2.29. The minimum atomic E-state index is 0.609. The second-order valence-corrected chi connectivity index (χ2v) is 5.06. The smallest absolute Gasteiger partial charge is 0.161 e. The van der Waals surface area contributed by atoms with Gasteiger partial charge in [0.1, 0.15) is 5.82 Å². The maximum Gasteiger partial charge on any atom is 0.161 e. The molecule has 1 aliphatic carbocycles. The molecule has 2 aromatic rings. The highest BCUT2D eigenvalue weighted by Gasteiger charge is 2.19. The van der Waals surface area contributed by atoms with Crippen LogP contribution in [0, 0.1) is 0 Å². The van der Waals surface area contributed by atoms with Crippen LogP contribution in [0.4, 0.5) is 5.82 Å². The number of ether oxygens (including phenoxy) is 1. The lowest BCUT2D eigenvalue weighted by atomic mass is 10.1. The molecular weight excluding hydrogens is 250 g/mol. The van der Waals surface area contributed by atoms with E-state index in [0.717, 1.165) is 35.6 Å². The van der Waals surface area contributed by atoms with Crippen LogP contribution in [0.3, 0.4) is 0 Å². The van der Waals surface area contributed by atoms with Gasteiger partial charge in [-0.25, -0.2) is 9.97 Å². The van der Waals surface area contributed by atoms with Crippen molar-refractivity contribution in [2.75, 3.05) is 19.5 Å². The summed E-state index contributed by atoms with van der Waals surface area (Å²) in [5, 5.41) is 3.20. The summed E-state index contributed by atoms with van der Waals surface area (Å²) in [5.41, 5.74) is 4.66. The number of nitrogens with zero attached hydrogens (tertiary/aromatic N) is 2. The summed E-state index contributed by atoms with van der Waals surface area (Å²) in [6.07, 6.45) is 3.30. The molecule has 0 aliphatic heterocycles. The molecule has 1 heterocycles. The van der Waals surface area contributed by atoms with Crippen molar-refractivity contribution in [3.63, 3.8) is 0 Å². The third-order valence-electron chi connectivity index (χ3n) is 3.67. The van der Waals surface area contributed by atoms with E-state index in [9.17, 15) is 0 Å². The minimum Gasteiger partial charge on any atom is -0.380 e. The standard InChI is InChI=1S/C16H19N3O/c1-17-16-13-7-4-8-14(13)18-15(19-16)12-6-3-5-11(9-12)10-20-2/h3,5-6,9H,4,7-8,10H2,1-2H3,(H,17,18,19). The summed E-state index contributed by atoms with van der Waals surface area (Å²) in [4.78, 5) is 9.41. The van der Waals surface area contributed by atoms with Crippen LogP contribution in [-0.2, 0) is 24.2 Å². The van der Waals surface area contributed by atoms with Gasteiger partial charge in [-0.3, -0.25) is 0 Å². The summed E-state index contributed by atoms with van der Waals surface area (Å²) in [6.45, 7) is 0.609. The SMILES string of the molecule is CNc1nc(-c2cccc(COC)c2)nc2c1CCC2. The molecule has 3 rings (SSSR count). The van der Waals surface area contributed by atoms with Crippen molar-refractivity contribution < 1.29 is 4.74 Å². The maximum absolute atomic E-state index is 5.18. The predicted molar refractivity (Wildman–Crippen MR) is 79.8 cm³/mol. The molecule has 1 N–H and O–H groups in total. The van der Waals surface area contributed by atoms with Gasteiger partial charge in [-0.05, 0) is 30.9 Å². The van der Waals surface area contributed by atoms with Crippen molar-refractivity contribution >= 4 is 5.82 Å². The lowest BCUT2D eigenvalue weighted by Crippen LogP contribution is -2.03. The van der Waals surface area contributed by atoms with Gasteiger partial charge in [-0.15, -0.1) is 0 Å². The van der Waals surface area contributed by atoms with Gasteiger partial charge in [0.2, 0.25) is 0 Å². The Balaban J connectivity index is 2.04. The second-order valence-electron chi connectivity index (χ2n) is 5.06. The minimum absolute atomic E-state index is 0.609. The number of benzene rings is 1. The zero-order valence-electron chi connectivity index (χ0n) is 11.9. The van der Waals surface area contributed by atoms with Gasteiger partial charge in [0.25, 0.3) is 0 Å². The fourth-order valence-corrected chi connectivity index (χ4v) is 2.74. The molecule has 4 nitrogen and oxygen atoms in total. The number of hydrogen-bond donors (Lipinski definition) is 1. The number of methoxy groups -OCH3 is 1. The molecule has 0 saturated heterocycles. The van der Waals surface area contributed by atoms with Gasteiger partial charge in [-0.1, -0.05) is 18.2 Å². The number of rotatable bonds is 4. The molecule has 1 aliphatic rings. The van der Waals surface area contributed by atoms with Gasteiger partial charge >= 0.3 is 0 Å². The molecule has 0 atom stereocenters. The third kappa shape index (κ3) is 2.39. The molecule has 1 aromatic heterocycles. The summed E-state index contributed by atoms with van der Waals surface area (Å²) < 4.78 is 5.18. The Labute approximate surface area is 119 Å². The summed E-state index contributed by atoms with van der Waals surface area (Å²) in [5.74, 6) is 1.77. The Morgan fingerprint density at radius 3 is 2.95 bits per heavy atom. The Morgan fingerprint density at radius 1 is 1.25 bits per heavy atom. The first-order chi connectivity index (χ1) is 9.81. The van der Waals surface area contributed by atoms with Crippen LogP contribution in [0.25, 0.3) is 11.4 Å². The molecule has 0 bridgehead atoms. The quantitative estimate of drug-likeness (QED) is 0.927. The van der Waals surface area contributed by atoms with Gasteiger partial charge in [-0.2, -0.15) is 0 Å². The largest absolute Gasteiger partial charge is 0.380 e. The van der Waals surface area contributed by atoms with Crippen LogP contribution in [0.2, 0.25) is 0 Å². The van der Waals surface area contributed by atoms with E-state index in [0.29, 0.717) is 6.61 Å². The van der Waals surface area contributed by atoms with Crippen molar-refractivity contribution in [3.8, 4) is 11.4 Å². The van der Waals surface area contributed by atoms with E-state index in [1.807, 2.05) is 13.1 Å². The van der Waals surface area contributed by atoms with Crippen LogP contribution >= 0.6 is 0 Å². The first-order valence-electron chi connectivity index (χ1n) is 6.97. The second kappa shape index (κ2) is 5.59. The van der Waals surface area contributed by atoms with E-state index in [2.05, 4.69) is 28.5 Å². The Morgan fingerprint density at radius 2 is 2.15 bits per heavy atom. The van der Waals surface area contributed by atoms with Crippen LogP contribution in [0.1, 0.15) is 23.2 Å². The summed E-state index contributed by atoms with van der Waals surface area (Å²) in [6, 6.07) is 8.23. The normalized spacial score (nSPS) is 13.3. The predicted octanol–water partition coefficient (Wildman–Crippen LogP) is 2.82. The number of nitrogens with one attached hydrogen (secondary N) is 1. The summed E-state index contributed by atoms with van der Waals surface area (Å²) >= 11 is 0. The number of fused-ring (bicyclic) bond motifs is 1. The van der Waals surface area contributed by atoms with E-state index in [1.165, 1.54) is 17.7 Å². The number of aryl methyl sites for hydroxylation is 1. The number of anilines is 1. The fraction of sp³-hybridized carbons (Fsp3) is 0.375. The molecule has 0 fully saturated rings. The molecule has 0 radical (unpaired) electrons. The lowest BCUT2D eigenvalue weighted by molar-refractivity contribution is 0.185. The van der Waals surface area contributed by atoms with E-state index in [4.69, 9.17) is 9.72 Å². The molecule has 20 heavy (non-hydrogen) atoms. The van der Waals surface area contributed by atoms with E-state index >= 15 is 0 Å². The van der Waals surface area contributed by atoms with Crippen LogP contribution < -0.4 is 5.32 Å². The van der Waals surface area contributed by atoms with E-state index in [1.54, 1.807) is 7.11 Å². The average Bonchev–Trinajstić information content (AvgIpc) is 2.95. The van der Waals surface area contributed by atoms with Crippen LogP contribution in [-0.4, -0.2) is 24.1 Å². The third-order valence-corrected chi connectivity index (χ3v) is 3.67. The topological polar surface area (TPSA) is 47.0 Å². The van der Waals surface area contributed by atoms with E-state index < -0.39 is 0 Å². The first-order valence-corrected chi connectivity index (χ1v) is 6.97. The van der Waals surface area contributed by atoms with Gasteiger partial charge < -0.3 is 10.1 Å². The zero-order chi connectivity index (χ0) is 13.9. The fourth-order valence-electron chi connectivity index (χ4n) is 2.74. The molecule has 0 saturated carbocycles. The molecule has 0 amide bonds. The zero-order valence-corrected chi connectivity index (χ0v) is 11.9. The van der Waals surface area contributed by atoms with Crippen molar-refractivity contribution in [2.24, 2.45) is 0 Å². The number of aromatic nitrogens is 2. The lowest BCUT2D eigenvalue weighted by Gasteiger charge is -2.10. The van der Waals surface area contributed by atoms with Crippen molar-refractivity contribution in [1.29, 1.82) is 0 Å². The Bertz CT molecular complexity index is 625. The van der Waals surface area contributed by atoms with Gasteiger partial charge in [0.15, 0.2) is 5.82 Å². The van der Waals surface area contributed by atoms with Crippen LogP contribution in [0.15, 0.2) is 24.3 Å². The van der Waals surface area contributed by atoms with Gasteiger partial charge in [0.05, 0.1) is 6.61 Å². The maximum atomic E-state index is 5.18. The van der Waals surface area contributed by atoms with Crippen molar-refractivity contribution in [1.82, 2.24) is 9.97 Å². The highest BCUT2D eigenvalue weighted by atomic mass is 16.5. The Kier molecular flexibility index (Phi) is 3.65. The monoisotopic (exact) mass is 269 g/mol. The summed E-state index contributed by atoms with van der Waals surface area (Å²) in [7, 11) is 3.63. The highest BCUT2D eigenvalue weighted by molar-refractivity contribution is 5.61.